The Morgan fingerprint density at radius 1 is 0.632 bits per heavy atom. The molecule has 0 saturated heterocycles. The van der Waals surface area contributed by atoms with Crippen LogP contribution in [0.1, 0.15) is 44.0 Å². The van der Waals surface area contributed by atoms with Crippen molar-refractivity contribution in [1.82, 2.24) is 28.6 Å². The number of fused-ring (bicyclic) bond motifs is 4. The third-order valence-corrected chi connectivity index (χ3v) is 17.0. The monoisotopic (exact) mass is 1520 g/mol. The number of amides is 2. The Bertz CT molecular complexity index is 4030. The van der Waals surface area contributed by atoms with Crippen LogP contribution in [0, 0.1) is 27.7 Å². The standard InChI is InChI=1S/C20H9Br2O5.2C19H21N3O.C4H6O6.Hg.2Na.H2O/c21-13-5-11-17(7-15(13)23)27-18-8-16(24)14(22)6-12(18)19(11)9-3-1-2-4-10(9)20(25)26;2*1-13-5-8-15(9-6-13)19-16(11-18(23)21(3)4)22-12-14(2)7-10-17(22)20-19;5-1(3(7)8)2(6)4(9)10;;;;/h1-7,24H,(H,25,26);2*5-10,12H,11H2,1-4H3;1-2,5-6H,(H,7,8)(H,9,10);;;;1H2/q;;;;;2*+1;/p-2/t;;;1-,2-;;;;/m...1..../s1. The summed E-state index contributed by atoms with van der Waals surface area (Å²) in [5.74, 6) is -4.57. The van der Waals surface area contributed by atoms with Gasteiger partial charge in [-0.2, -0.15) is 0 Å². The molecule has 0 saturated carbocycles. The van der Waals surface area contributed by atoms with Gasteiger partial charge in [0.05, 0.1) is 35.6 Å². The van der Waals surface area contributed by atoms with E-state index < -0.39 is 30.1 Å². The zero-order valence-electron chi connectivity index (χ0n) is 49.3. The van der Waals surface area contributed by atoms with Crippen molar-refractivity contribution in [2.24, 2.45) is 0 Å². The molecule has 2 atom stereocenters. The number of carbonyl (C=O) groups excluding carboxylic acids is 3. The van der Waals surface area contributed by atoms with E-state index in [-0.39, 0.29) is 125 Å². The number of hydrogen-bond donors (Lipinski definition) is 4. The van der Waals surface area contributed by atoms with Gasteiger partial charge in [-0.15, -0.1) is 0 Å². The number of halogens is 2. The van der Waals surface area contributed by atoms with Gasteiger partial charge in [-0.3, -0.25) is 9.59 Å². The number of aliphatic hydroxyl groups excluding tert-OH is 2. The van der Waals surface area contributed by atoms with Crippen LogP contribution in [0.3, 0.4) is 0 Å². The van der Waals surface area contributed by atoms with Gasteiger partial charge in [0, 0.05) is 51.7 Å². The minimum Gasteiger partial charge on any atom is 1.00 e. The van der Waals surface area contributed by atoms with Crippen molar-refractivity contribution in [3.05, 3.63) is 186 Å². The van der Waals surface area contributed by atoms with E-state index in [9.17, 15) is 39.0 Å². The van der Waals surface area contributed by atoms with Gasteiger partial charge in [0.2, 0.25) is 11.8 Å². The predicted molar refractivity (Wildman–Crippen MR) is 319 cm³/mol. The second kappa shape index (κ2) is 31.9. The molecule has 0 spiro atoms. The summed E-state index contributed by atoms with van der Waals surface area (Å²) >= 11 is 6.47. The number of pyridine rings is 2. The molecule has 5 heterocycles. The molecule has 20 nitrogen and oxygen atoms in total. The van der Waals surface area contributed by atoms with Crippen LogP contribution in [0.4, 0.5) is 0 Å². The maximum absolute atomic E-state index is 12.4. The Hall–Kier alpha value is -6.12. The van der Waals surface area contributed by atoms with Crippen molar-refractivity contribution in [3.8, 4) is 50.7 Å². The fourth-order valence-electron chi connectivity index (χ4n) is 8.70. The van der Waals surface area contributed by atoms with Gasteiger partial charge >= 0.3 is 264 Å². The van der Waals surface area contributed by atoms with E-state index in [0.29, 0.717) is 52.5 Å². The first-order valence-corrected chi connectivity index (χ1v) is 30.0. The number of hydrogen-bond acceptors (Lipinski definition) is 13. The summed E-state index contributed by atoms with van der Waals surface area (Å²) < 4.78 is 11.3. The first-order valence-electron chi connectivity index (χ1n) is 25.7. The first-order chi connectivity index (χ1) is 39.7. The number of aromatic nitrogens is 4. The Kier molecular flexibility index (Phi) is 26.9. The number of aromatic carboxylic acids is 1. The molecule has 87 heavy (non-hydrogen) atoms. The maximum Gasteiger partial charge on any atom is 1.00 e. The number of carboxylic acid groups (broad SMARTS) is 3. The van der Waals surface area contributed by atoms with Gasteiger partial charge in [0.15, 0.2) is 12.2 Å². The van der Waals surface area contributed by atoms with Crippen LogP contribution >= 0.6 is 31.9 Å². The van der Waals surface area contributed by atoms with Crippen LogP contribution in [-0.4, -0.2) is 125 Å². The van der Waals surface area contributed by atoms with Crippen molar-refractivity contribution in [3.63, 3.8) is 0 Å². The molecule has 2 amide bonds. The second-order valence-corrected chi connectivity index (χ2v) is 24.5. The molecule has 1 aliphatic carbocycles. The molecule has 0 bridgehead atoms. The molecule has 4 aromatic heterocycles. The summed E-state index contributed by atoms with van der Waals surface area (Å²) in [7, 11) is 7.12. The van der Waals surface area contributed by atoms with E-state index in [0.717, 1.165) is 56.3 Å². The van der Waals surface area contributed by atoms with Crippen LogP contribution in [0.25, 0.3) is 67.2 Å². The third kappa shape index (κ3) is 17.4. The van der Waals surface area contributed by atoms with E-state index in [1.165, 1.54) is 23.3 Å². The van der Waals surface area contributed by atoms with E-state index in [2.05, 4.69) is 94.2 Å². The van der Waals surface area contributed by atoms with Crippen LogP contribution in [0.5, 0.6) is 5.75 Å². The molecule has 8 aromatic rings. The number of likely N-dealkylation sites (N-methyl/N-ethyl adjacent to an activating group) is 2. The summed E-state index contributed by atoms with van der Waals surface area (Å²) in [5.41, 5.74) is 13.8. The van der Waals surface area contributed by atoms with Gasteiger partial charge in [-0.25, -0.2) is 19.6 Å². The van der Waals surface area contributed by atoms with Crippen molar-refractivity contribution in [2.75, 3.05) is 28.2 Å². The minimum atomic E-state index is -2.27. The molecule has 0 fully saturated rings. The quantitative estimate of drug-likeness (QED) is 0.0997. The Morgan fingerprint density at radius 3 is 1.47 bits per heavy atom. The van der Waals surface area contributed by atoms with Crippen LogP contribution in [-0.2, 0) is 58.1 Å². The molecule has 10 rings (SSSR count). The van der Waals surface area contributed by atoms with Gasteiger partial charge in [-0.05, 0) is 51.0 Å². The zero-order valence-corrected chi connectivity index (χ0v) is 62.0. The number of carbonyl (C=O) groups is 5. The van der Waals surface area contributed by atoms with Gasteiger partial charge in [-0.1, -0.05) is 71.8 Å². The topological polar surface area (TPSA) is 315 Å². The predicted octanol–water partition coefficient (Wildman–Crippen LogP) is 0.257. The normalized spacial score (nSPS) is 11.2. The van der Waals surface area contributed by atoms with Crippen LogP contribution in [0.2, 0.25) is 0 Å². The molecule has 437 valence electrons. The van der Waals surface area contributed by atoms with Crippen LogP contribution < -0.4 is 77.8 Å². The van der Waals surface area contributed by atoms with Gasteiger partial charge < -0.3 is 44.5 Å². The number of aliphatic hydroxyl groups is 2. The molecule has 4 aromatic carbocycles. The summed E-state index contributed by atoms with van der Waals surface area (Å²) in [5, 5.41) is 57.3. The summed E-state index contributed by atoms with van der Waals surface area (Å²) in [6.45, 7) is 8.21. The zero-order chi connectivity index (χ0) is 61.6. The Morgan fingerprint density at radius 2 is 1.06 bits per heavy atom. The molecule has 0 radical (unpaired) electrons. The van der Waals surface area contributed by atoms with Gasteiger partial charge in [0.1, 0.15) is 11.3 Å². The van der Waals surface area contributed by atoms with Crippen molar-refractivity contribution in [2.45, 2.75) is 52.7 Å². The number of imidazole rings is 2. The maximum atomic E-state index is 12.4. The number of aliphatic carboxylic acids is 2. The fraction of sp³-hybridized carbons (Fsp3) is 0.194. The van der Waals surface area contributed by atoms with E-state index in [1.54, 1.807) is 68.3 Å². The molecule has 2 aliphatic rings. The number of rotatable bonds is 11. The molecule has 0 unspecified atom stereocenters. The molecule has 6 N–H and O–H groups in total. The molecule has 25 heteroatoms. The summed E-state index contributed by atoms with van der Waals surface area (Å²) in [6, 6.07) is 35.7. The van der Waals surface area contributed by atoms with Crippen molar-refractivity contribution >= 4 is 86.9 Å². The SMILES string of the molecule is Cc1ccc(-c2nc3ccc(C)cn3c2CC(=O)N(C)C)cc1.Cc1ccc(-c2nc3ccc(C)cn3c2CC(=O)N(C)C)cc1.O.O=C(O)[C@H](O)[C@@H](O)C(=O)O.O=C([O-])c1ccccc1-c1c2cc(Br)c(=O)cc-2oc2[c]([Hg])c([O-])c(Br)cc12.[Na+].[Na+]. The Labute approximate surface area is 577 Å². The van der Waals surface area contributed by atoms with E-state index in [1.807, 2.05) is 59.3 Å². The third-order valence-electron chi connectivity index (χ3n) is 13.3. The Balaban J connectivity index is 0.000000256. The summed E-state index contributed by atoms with van der Waals surface area (Å²) in [4.78, 5) is 80.7. The number of aryl methyl sites for hydroxylation is 4. The second-order valence-electron chi connectivity index (χ2n) is 20.0. The largest absolute Gasteiger partial charge is 1.00 e. The smallest absolute Gasteiger partial charge is 1.00 e. The van der Waals surface area contributed by atoms with Crippen molar-refractivity contribution in [1.29, 1.82) is 0 Å². The average Bonchev–Trinajstić information content (AvgIpc) is 1.75. The van der Waals surface area contributed by atoms with E-state index >= 15 is 0 Å². The first kappa shape index (κ1) is 73.3. The number of carboxylic acids is 3. The molecular weight excluding hydrogens is 1460 g/mol. The average molecular weight is 1520 g/mol. The molecule has 1 aliphatic heterocycles. The van der Waals surface area contributed by atoms with Crippen molar-refractivity contribution < 1.29 is 150 Å². The molecular formula is C62H57Br2HgN6Na2O14. The summed E-state index contributed by atoms with van der Waals surface area (Å²) in [6.07, 6.45) is 0.216. The van der Waals surface area contributed by atoms with Crippen LogP contribution in [0.15, 0.2) is 146 Å². The minimum absolute atomic E-state index is 0. The van der Waals surface area contributed by atoms with E-state index in [4.69, 9.17) is 34.8 Å². The number of benzene rings is 5. The fourth-order valence-corrected chi connectivity index (χ4v) is 12.3. The van der Waals surface area contributed by atoms with Gasteiger partial charge in [0.25, 0.3) is 0 Å². The number of nitrogens with zero attached hydrogens (tertiary/aromatic N) is 6.